The summed E-state index contributed by atoms with van der Waals surface area (Å²) in [6, 6.07) is 5.66. The molecule has 0 fully saturated rings. The average molecular weight is 383 g/mol. The number of rotatable bonds is 5. The SMILES string of the molecule is COc1ccc(-c2nc(Cn3cnc4c(cnn4C)c3=O)cs2)cc1OC. The second-order valence-corrected chi connectivity index (χ2v) is 6.75. The van der Waals surface area contributed by atoms with Gasteiger partial charge in [-0.05, 0) is 18.2 Å². The molecule has 0 saturated carbocycles. The molecule has 0 aliphatic heterocycles. The lowest BCUT2D eigenvalue weighted by molar-refractivity contribution is 0.355. The average Bonchev–Trinajstić information content (AvgIpc) is 3.31. The van der Waals surface area contributed by atoms with E-state index in [1.807, 2.05) is 23.6 Å². The van der Waals surface area contributed by atoms with Crippen LogP contribution >= 0.6 is 11.3 Å². The number of aryl methyl sites for hydroxylation is 1. The van der Waals surface area contributed by atoms with E-state index in [1.54, 1.807) is 25.9 Å². The normalized spacial score (nSPS) is 11.1. The summed E-state index contributed by atoms with van der Waals surface area (Å²) in [5.41, 5.74) is 2.16. The third-order valence-corrected chi connectivity index (χ3v) is 5.17. The Bertz CT molecular complexity index is 1180. The smallest absolute Gasteiger partial charge is 0.264 e. The minimum atomic E-state index is -0.131. The molecule has 27 heavy (non-hydrogen) atoms. The Labute approximate surface area is 158 Å². The molecule has 1 aromatic carbocycles. The van der Waals surface area contributed by atoms with Crippen LogP contribution in [-0.2, 0) is 13.6 Å². The highest BCUT2D eigenvalue weighted by Gasteiger charge is 2.12. The molecule has 0 N–H and O–H groups in total. The van der Waals surface area contributed by atoms with E-state index in [-0.39, 0.29) is 5.56 Å². The van der Waals surface area contributed by atoms with Crippen molar-refractivity contribution in [3.63, 3.8) is 0 Å². The maximum Gasteiger partial charge on any atom is 0.264 e. The largest absolute Gasteiger partial charge is 0.493 e. The molecule has 0 unspecified atom stereocenters. The molecule has 0 aliphatic rings. The summed E-state index contributed by atoms with van der Waals surface area (Å²) >= 11 is 1.51. The van der Waals surface area contributed by atoms with Crippen LogP contribution in [0.1, 0.15) is 5.69 Å². The summed E-state index contributed by atoms with van der Waals surface area (Å²) in [5.74, 6) is 1.31. The highest BCUT2D eigenvalue weighted by atomic mass is 32.1. The van der Waals surface area contributed by atoms with Gasteiger partial charge in [0.1, 0.15) is 16.7 Å². The van der Waals surface area contributed by atoms with E-state index < -0.39 is 0 Å². The standard InChI is InChI=1S/C18H17N5O3S/c1-22-16-13(7-20-22)18(24)23(10-19-16)8-12-9-27-17(21-12)11-4-5-14(25-2)15(6-11)26-3/h4-7,9-10H,8H2,1-3H3. The van der Waals surface area contributed by atoms with Crippen molar-refractivity contribution in [2.45, 2.75) is 6.54 Å². The molecule has 0 saturated heterocycles. The van der Waals surface area contributed by atoms with E-state index in [9.17, 15) is 4.79 Å². The molecular weight excluding hydrogens is 366 g/mol. The lowest BCUT2D eigenvalue weighted by atomic mass is 10.2. The van der Waals surface area contributed by atoms with Crippen molar-refractivity contribution in [2.24, 2.45) is 7.05 Å². The molecule has 8 nitrogen and oxygen atoms in total. The van der Waals surface area contributed by atoms with Gasteiger partial charge in [0.05, 0.1) is 32.7 Å². The fourth-order valence-electron chi connectivity index (χ4n) is 2.84. The topological polar surface area (TPSA) is 84.1 Å². The van der Waals surface area contributed by atoms with Crippen molar-refractivity contribution >= 4 is 22.4 Å². The Balaban J connectivity index is 1.64. The zero-order valence-corrected chi connectivity index (χ0v) is 15.9. The van der Waals surface area contributed by atoms with E-state index in [4.69, 9.17) is 9.47 Å². The van der Waals surface area contributed by atoms with Crippen LogP contribution in [-0.4, -0.2) is 38.5 Å². The number of hydrogen-bond donors (Lipinski definition) is 0. The first-order valence-corrected chi connectivity index (χ1v) is 9.02. The molecule has 138 valence electrons. The number of methoxy groups -OCH3 is 2. The zero-order chi connectivity index (χ0) is 19.0. The minimum absolute atomic E-state index is 0.131. The molecule has 0 spiro atoms. The van der Waals surface area contributed by atoms with Crippen molar-refractivity contribution < 1.29 is 9.47 Å². The predicted octanol–water partition coefficient (Wildman–Crippen LogP) is 2.32. The number of nitrogens with zero attached hydrogens (tertiary/aromatic N) is 5. The monoisotopic (exact) mass is 383 g/mol. The number of aromatic nitrogens is 5. The Morgan fingerprint density at radius 1 is 1.19 bits per heavy atom. The third kappa shape index (κ3) is 3.06. The third-order valence-electron chi connectivity index (χ3n) is 4.23. The van der Waals surface area contributed by atoms with E-state index >= 15 is 0 Å². The van der Waals surface area contributed by atoms with Gasteiger partial charge in [0.25, 0.3) is 5.56 Å². The molecule has 0 aliphatic carbocycles. The molecule has 9 heteroatoms. The summed E-state index contributed by atoms with van der Waals surface area (Å²) in [7, 11) is 4.96. The van der Waals surface area contributed by atoms with Crippen LogP contribution in [0.25, 0.3) is 21.6 Å². The van der Waals surface area contributed by atoms with Crippen molar-refractivity contribution in [1.29, 1.82) is 0 Å². The van der Waals surface area contributed by atoms with E-state index in [0.29, 0.717) is 29.1 Å². The first-order chi connectivity index (χ1) is 13.1. The summed E-state index contributed by atoms with van der Waals surface area (Å²) in [4.78, 5) is 21.6. The lowest BCUT2D eigenvalue weighted by Gasteiger charge is -2.08. The molecule has 0 atom stereocenters. The molecule has 0 amide bonds. The molecule has 4 aromatic rings. The van der Waals surface area contributed by atoms with Gasteiger partial charge in [-0.2, -0.15) is 5.10 Å². The predicted molar refractivity (Wildman–Crippen MR) is 103 cm³/mol. The highest BCUT2D eigenvalue weighted by Crippen LogP contribution is 2.33. The summed E-state index contributed by atoms with van der Waals surface area (Å²) in [6.07, 6.45) is 3.07. The van der Waals surface area contributed by atoms with Crippen LogP contribution in [0.2, 0.25) is 0 Å². The van der Waals surface area contributed by atoms with Gasteiger partial charge in [0.15, 0.2) is 17.1 Å². The van der Waals surface area contributed by atoms with E-state index in [0.717, 1.165) is 16.3 Å². The van der Waals surface area contributed by atoms with E-state index in [1.165, 1.54) is 28.4 Å². The number of benzene rings is 1. The van der Waals surface area contributed by atoms with Crippen LogP contribution < -0.4 is 15.0 Å². The van der Waals surface area contributed by atoms with Crippen LogP contribution in [0.5, 0.6) is 11.5 Å². The molecule has 3 aromatic heterocycles. The van der Waals surface area contributed by atoms with E-state index in [2.05, 4.69) is 15.1 Å². The van der Waals surface area contributed by atoms with Gasteiger partial charge in [-0.1, -0.05) is 0 Å². The van der Waals surface area contributed by atoms with Crippen molar-refractivity contribution in [3.05, 3.63) is 52.2 Å². The molecule has 3 heterocycles. The lowest BCUT2D eigenvalue weighted by Crippen LogP contribution is -2.21. The second kappa shape index (κ2) is 6.84. The van der Waals surface area contributed by atoms with Crippen LogP contribution in [0, 0.1) is 0 Å². The Morgan fingerprint density at radius 2 is 2.00 bits per heavy atom. The van der Waals surface area contributed by atoms with Gasteiger partial charge in [0, 0.05) is 18.0 Å². The number of hydrogen-bond acceptors (Lipinski definition) is 7. The van der Waals surface area contributed by atoms with Crippen LogP contribution in [0.4, 0.5) is 0 Å². The van der Waals surface area contributed by atoms with Crippen molar-refractivity contribution in [3.8, 4) is 22.1 Å². The van der Waals surface area contributed by atoms with Crippen LogP contribution in [0.3, 0.4) is 0 Å². The summed E-state index contributed by atoms with van der Waals surface area (Å²) < 4.78 is 13.7. The maximum atomic E-state index is 12.6. The minimum Gasteiger partial charge on any atom is -0.493 e. The maximum absolute atomic E-state index is 12.6. The Morgan fingerprint density at radius 3 is 2.78 bits per heavy atom. The quantitative estimate of drug-likeness (QED) is 0.526. The molecule has 0 bridgehead atoms. The highest BCUT2D eigenvalue weighted by molar-refractivity contribution is 7.13. The van der Waals surface area contributed by atoms with Gasteiger partial charge >= 0.3 is 0 Å². The van der Waals surface area contributed by atoms with Gasteiger partial charge in [-0.15, -0.1) is 11.3 Å². The van der Waals surface area contributed by atoms with Gasteiger partial charge in [-0.3, -0.25) is 14.0 Å². The van der Waals surface area contributed by atoms with Gasteiger partial charge in [0.2, 0.25) is 0 Å². The fourth-order valence-corrected chi connectivity index (χ4v) is 3.64. The van der Waals surface area contributed by atoms with Crippen molar-refractivity contribution in [2.75, 3.05) is 14.2 Å². The van der Waals surface area contributed by atoms with Crippen LogP contribution in [0.15, 0.2) is 40.9 Å². The Kier molecular flexibility index (Phi) is 4.36. The molecule has 0 radical (unpaired) electrons. The van der Waals surface area contributed by atoms with Gasteiger partial charge in [-0.25, -0.2) is 9.97 Å². The first kappa shape index (κ1) is 17.2. The van der Waals surface area contributed by atoms with Gasteiger partial charge < -0.3 is 9.47 Å². The number of thiazole rings is 1. The molecule has 4 rings (SSSR count). The first-order valence-electron chi connectivity index (χ1n) is 8.14. The molecular formula is C18H17N5O3S. The summed E-state index contributed by atoms with van der Waals surface area (Å²) in [5, 5.41) is 7.36. The Hall–Kier alpha value is -3.20. The summed E-state index contributed by atoms with van der Waals surface area (Å²) in [6.45, 7) is 0.348. The fraction of sp³-hybridized carbons (Fsp3) is 0.222. The zero-order valence-electron chi connectivity index (χ0n) is 15.0. The number of fused-ring (bicyclic) bond motifs is 1. The number of ether oxygens (including phenoxy) is 2. The second-order valence-electron chi connectivity index (χ2n) is 5.90. The van der Waals surface area contributed by atoms with Crippen molar-refractivity contribution in [1.82, 2.24) is 24.3 Å².